The number of carbonyl (C=O) groups excluding carboxylic acids is 1. The first-order valence-electron chi connectivity index (χ1n) is 14.0. The summed E-state index contributed by atoms with van der Waals surface area (Å²) in [7, 11) is 0.753. The van der Waals surface area contributed by atoms with Crippen molar-refractivity contribution in [1.29, 1.82) is 0 Å². The highest BCUT2D eigenvalue weighted by molar-refractivity contribution is 5.95. The van der Waals surface area contributed by atoms with Crippen LogP contribution in [0.5, 0.6) is 0 Å². The minimum atomic E-state index is -5.21. The Hall–Kier alpha value is -3.90. The van der Waals surface area contributed by atoms with E-state index in [4.69, 9.17) is 0 Å². The van der Waals surface area contributed by atoms with E-state index < -0.39 is 70.3 Å². The van der Waals surface area contributed by atoms with Crippen LogP contribution < -0.4 is 15.8 Å². The Morgan fingerprint density at radius 3 is 2.11 bits per heavy atom. The molecule has 2 aromatic carbocycles. The summed E-state index contributed by atoms with van der Waals surface area (Å²) in [4.78, 5) is 27.3. The monoisotopic (exact) mass is 629 g/mol. The second-order valence-corrected chi connectivity index (χ2v) is 11.3. The number of anilines is 1. The van der Waals surface area contributed by atoms with Crippen molar-refractivity contribution in [3.63, 3.8) is 0 Å². The Bertz CT molecular complexity index is 1570. The zero-order valence-electron chi connectivity index (χ0n) is 24.2. The van der Waals surface area contributed by atoms with Crippen molar-refractivity contribution < 1.29 is 39.9 Å². The van der Waals surface area contributed by atoms with E-state index >= 15 is 0 Å². The number of amides is 1. The van der Waals surface area contributed by atoms with Gasteiger partial charge in [0.05, 0.1) is 5.56 Å². The molecule has 3 aromatic rings. The van der Waals surface area contributed by atoms with Crippen LogP contribution in [0.1, 0.15) is 65.0 Å². The van der Waals surface area contributed by atoms with Gasteiger partial charge in [-0.15, -0.1) is 0 Å². The quantitative estimate of drug-likeness (QED) is 0.290. The fourth-order valence-electron chi connectivity index (χ4n) is 5.44. The number of hydrogen-bond acceptors (Lipinski definition) is 3. The summed E-state index contributed by atoms with van der Waals surface area (Å²) in [6.07, 6.45) is -9.12. The third kappa shape index (κ3) is 7.41. The molecule has 0 radical (unpaired) electrons. The molecule has 1 N–H and O–H groups in total. The van der Waals surface area contributed by atoms with Gasteiger partial charge < -0.3 is 14.8 Å². The number of nitrogens with one attached hydrogen (secondary N) is 1. The van der Waals surface area contributed by atoms with Gasteiger partial charge in [-0.2, -0.15) is 26.3 Å². The van der Waals surface area contributed by atoms with Gasteiger partial charge in [-0.05, 0) is 61.4 Å². The van der Waals surface area contributed by atoms with Gasteiger partial charge in [0.25, 0.3) is 11.5 Å². The van der Waals surface area contributed by atoms with Crippen LogP contribution in [0.25, 0.3) is 0 Å². The first-order chi connectivity index (χ1) is 20.5. The molecule has 238 valence electrons. The molecule has 1 atom stereocenters. The third-order valence-corrected chi connectivity index (χ3v) is 7.82. The van der Waals surface area contributed by atoms with Crippen molar-refractivity contribution in [2.24, 2.45) is 13.0 Å². The van der Waals surface area contributed by atoms with E-state index in [1.54, 1.807) is 13.0 Å². The fraction of sp³-hybridized carbons (Fsp3) is 0.419. The zero-order chi connectivity index (χ0) is 32.6. The molecule has 0 saturated carbocycles. The normalized spacial score (nSPS) is 15.4. The van der Waals surface area contributed by atoms with Crippen LogP contribution in [0.4, 0.5) is 40.8 Å². The van der Waals surface area contributed by atoms with Crippen LogP contribution >= 0.6 is 0 Å². The van der Waals surface area contributed by atoms with E-state index in [-0.39, 0.29) is 22.6 Å². The van der Waals surface area contributed by atoms with E-state index in [0.717, 1.165) is 32.0 Å². The third-order valence-electron chi connectivity index (χ3n) is 7.82. The lowest BCUT2D eigenvalue weighted by molar-refractivity contribution is -0.147. The van der Waals surface area contributed by atoms with Crippen LogP contribution in [-0.2, 0) is 32.2 Å². The molecule has 1 amide bonds. The van der Waals surface area contributed by atoms with Gasteiger partial charge in [0.1, 0.15) is 22.9 Å². The van der Waals surface area contributed by atoms with Crippen molar-refractivity contribution >= 4 is 11.6 Å². The van der Waals surface area contributed by atoms with Crippen molar-refractivity contribution in [3.05, 3.63) is 98.0 Å². The number of carbonyl (C=O) groups is 1. The second kappa shape index (κ2) is 12.6. The van der Waals surface area contributed by atoms with E-state index in [2.05, 4.69) is 12.2 Å². The topological polar surface area (TPSA) is 54.3 Å². The van der Waals surface area contributed by atoms with Crippen LogP contribution in [-0.4, -0.2) is 29.6 Å². The highest BCUT2D eigenvalue weighted by atomic mass is 19.4. The lowest BCUT2D eigenvalue weighted by Gasteiger charge is -2.32. The molecule has 0 aliphatic carbocycles. The zero-order valence-corrected chi connectivity index (χ0v) is 24.2. The molecule has 5 nitrogen and oxygen atoms in total. The van der Waals surface area contributed by atoms with Crippen LogP contribution in [0.15, 0.2) is 47.3 Å². The van der Waals surface area contributed by atoms with Gasteiger partial charge >= 0.3 is 12.4 Å². The minimum Gasteiger partial charge on any atom is -0.371 e. The number of benzene rings is 2. The average Bonchev–Trinajstić information content (AvgIpc) is 2.90. The van der Waals surface area contributed by atoms with E-state index in [1.165, 1.54) is 18.2 Å². The summed E-state index contributed by atoms with van der Waals surface area (Å²) in [6, 6.07) is 7.46. The minimum absolute atomic E-state index is 0.0734. The molecule has 2 heterocycles. The number of rotatable bonds is 7. The maximum Gasteiger partial charge on any atom is 0.431 e. The Kier molecular flexibility index (Phi) is 9.46. The Labute approximate surface area is 248 Å². The van der Waals surface area contributed by atoms with Crippen LogP contribution in [0.2, 0.25) is 0 Å². The molecule has 1 aliphatic heterocycles. The fourth-order valence-corrected chi connectivity index (χ4v) is 5.44. The molecule has 1 saturated heterocycles. The van der Waals surface area contributed by atoms with Crippen molar-refractivity contribution in [3.8, 4) is 0 Å². The predicted molar refractivity (Wildman–Crippen MR) is 149 cm³/mol. The van der Waals surface area contributed by atoms with Crippen molar-refractivity contribution in [2.75, 3.05) is 18.0 Å². The molecule has 1 fully saturated rings. The smallest absolute Gasteiger partial charge is 0.371 e. The molecule has 0 unspecified atom stereocenters. The summed E-state index contributed by atoms with van der Waals surface area (Å²) >= 11 is 0. The number of halogens is 8. The van der Waals surface area contributed by atoms with Crippen LogP contribution in [0.3, 0.4) is 0 Å². The highest BCUT2D eigenvalue weighted by Crippen LogP contribution is 2.36. The van der Waals surface area contributed by atoms with E-state index in [1.807, 2.05) is 4.90 Å². The predicted octanol–water partition coefficient (Wildman–Crippen LogP) is 6.89. The Morgan fingerprint density at radius 1 is 0.955 bits per heavy atom. The first-order valence-corrected chi connectivity index (χ1v) is 14.0. The average molecular weight is 630 g/mol. The maximum atomic E-state index is 14.9. The molecule has 13 heteroatoms. The standard InChI is InChI=1S/C31H31F8N3O2/c1-17-7-9-42(10-8-17)21-14-24(32)27(25(33)15-21)28(43)40-18(2)11-19-5-4-6-20(12-19)13-22-23(30(34,35)36)16-26(31(37,38)39)41(3)29(22)44/h4-6,12,14-18H,7-11,13H2,1-3H3,(H,40,43)/t18-/m1/s1. The van der Waals surface area contributed by atoms with E-state index in [9.17, 15) is 44.7 Å². The number of alkyl halides is 6. The lowest BCUT2D eigenvalue weighted by atomic mass is 9.97. The molecule has 4 rings (SSSR count). The number of nitrogens with zero attached hydrogens (tertiary/aromatic N) is 2. The molecule has 0 bridgehead atoms. The number of aromatic nitrogens is 1. The highest BCUT2D eigenvalue weighted by Gasteiger charge is 2.41. The van der Waals surface area contributed by atoms with Gasteiger partial charge in [-0.3, -0.25) is 9.59 Å². The van der Waals surface area contributed by atoms with Gasteiger partial charge in [0, 0.05) is 43.9 Å². The summed E-state index contributed by atoms with van der Waals surface area (Å²) < 4.78 is 111. The number of hydrogen-bond donors (Lipinski definition) is 1. The molecular formula is C31H31F8N3O2. The van der Waals surface area contributed by atoms with Gasteiger partial charge in [-0.1, -0.05) is 31.2 Å². The Morgan fingerprint density at radius 2 is 1.55 bits per heavy atom. The molecule has 0 spiro atoms. The summed E-state index contributed by atoms with van der Waals surface area (Å²) in [5, 5.41) is 2.53. The molecule has 44 heavy (non-hydrogen) atoms. The van der Waals surface area contributed by atoms with Gasteiger partial charge in [0.15, 0.2) is 0 Å². The largest absolute Gasteiger partial charge is 0.431 e. The van der Waals surface area contributed by atoms with Crippen LogP contribution in [0, 0.1) is 17.6 Å². The second-order valence-electron chi connectivity index (χ2n) is 11.3. The molecule has 1 aliphatic rings. The SMILES string of the molecule is CC1CCN(c2cc(F)c(C(=O)N[C@H](C)Cc3cccc(Cc4c(C(F)(F)F)cc(C(F)(F)F)n(C)c4=O)c3)c(F)c2)CC1. The number of piperidine rings is 1. The number of pyridine rings is 1. The van der Waals surface area contributed by atoms with Gasteiger partial charge in [-0.25, -0.2) is 8.78 Å². The summed E-state index contributed by atoms with van der Waals surface area (Å²) in [5.41, 5.74) is -5.35. The molecule has 1 aromatic heterocycles. The summed E-state index contributed by atoms with van der Waals surface area (Å²) in [6.45, 7) is 4.96. The maximum absolute atomic E-state index is 14.9. The van der Waals surface area contributed by atoms with Crippen molar-refractivity contribution in [1.82, 2.24) is 9.88 Å². The first kappa shape index (κ1) is 33.0. The Balaban J connectivity index is 1.50. The summed E-state index contributed by atoms with van der Waals surface area (Å²) in [5.74, 6) is -2.49. The lowest BCUT2D eigenvalue weighted by Crippen LogP contribution is -2.36. The molecular weight excluding hydrogens is 598 g/mol. The van der Waals surface area contributed by atoms with Gasteiger partial charge in [0.2, 0.25) is 0 Å². The van der Waals surface area contributed by atoms with E-state index in [0.29, 0.717) is 30.3 Å². The van der Waals surface area contributed by atoms with Crippen molar-refractivity contribution in [2.45, 2.75) is 57.9 Å².